The maximum atomic E-state index is 11.6. The Morgan fingerprint density at radius 1 is 1.44 bits per heavy atom. The Morgan fingerprint density at radius 3 is 2.88 bits per heavy atom. The number of ether oxygens (including phenoxy) is 1. The monoisotopic (exact) mass is 274 g/mol. The van der Waals surface area contributed by atoms with Crippen molar-refractivity contribution in [2.45, 2.75) is 6.92 Å². The lowest BCUT2D eigenvalue weighted by Crippen LogP contribution is -2.02. The number of thiophene rings is 1. The highest BCUT2D eigenvalue weighted by molar-refractivity contribution is 7.21. The molecule has 2 nitrogen and oxygen atoms in total. The molecule has 16 heavy (non-hydrogen) atoms. The van der Waals surface area contributed by atoms with E-state index in [0.717, 1.165) is 10.1 Å². The minimum Gasteiger partial charge on any atom is -0.462 e. The van der Waals surface area contributed by atoms with Gasteiger partial charge in [0.25, 0.3) is 0 Å². The van der Waals surface area contributed by atoms with Crippen LogP contribution in [0.1, 0.15) is 16.6 Å². The van der Waals surface area contributed by atoms with Crippen molar-refractivity contribution in [3.05, 3.63) is 33.1 Å². The molecule has 0 atom stereocenters. The number of esters is 1. The largest absolute Gasteiger partial charge is 0.462 e. The van der Waals surface area contributed by atoms with Gasteiger partial charge in [0, 0.05) is 15.1 Å². The highest BCUT2D eigenvalue weighted by Gasteiger charge is 2.17. The fourth-order valence-corrected chi connectivity index (χ4v) is 3.05. The summed E-state index contributed by atoms with van der Waals surface area (Å²) in [6, 6.07) is 5.34. The first-order chi connectivity index (χ1) is 7.63. The molecule has 1 aromatic carbocycles. The highest BCUT2D eigenvalue weighted by Crippen LogP contribution is 2.36. The average molecular weight is 275 g/mol. The van der Waals surface area contributed by atoms with Crippen LogP contribution in [0.5, 0.6) is 0 Å². The number of carbonyl (C=O) groups is 1. The van der Waals surface area contributed by atoms with Crippen molar-refractivity contribution in [1.29, 1.82) is 0 Å². The van der Waals surface area contributed by atoms with Crippen LogP contribution >= 0.6 is 34.5 Å². The zero-order chi connectivity index (χ0) is 11.7. The van der Waals surface area contributed by atoms with E-state index in [2.05, 4.69) is 0 Å². The van der Waals surface area contributed by atoms with E-state index in [9.17, 15) is 4.79 Å². The zero-order valence-corrected chi connectivity index (χ0v) is 10.7. The lowest BCUT2D eigenvalue weighted by atomic mass is 10.2. The Hall–Kier alpha value is -0.770. The lowest BCUT2D eigenvalue weighted by Gasteiger charge is -1.97. The molecule has 84 valence electrons. The number of benzene rings is 1. The van der Waals surface area contributed by atoms with Crippen LogP contribution in [0.25, 0.3) is 10.1 Å². The van der Waals surface area contributed by atoms with Gasteiger partial charge in [-0.2, -0.15) is 0 Å². The SMILES string of the molecule is CCOC(=O)c1sc2cc(Cl)ccc2c1Cl. The molecule has 0 spiro atoms. The van der Waals surface area contributed by atoms with Crippen molar-refractivity contribution < 1.29 is 9.53 Å². The Balaban J connectivity index is 2.55. The van der Waals surface area contributed by atoms with Crippen molar-refractivity contribution in [3.8, 4) is 0 Å². The molecule has 0 radical (unpaired) electrons. The van der Waals surface area contributed by atoms with E-state index < -0.39 is 0 Å². The van der Waals surface area contributed by atoms with Gasteiger partial charge < -0.3 is 4.74 Å². The molecule has 0 saturated heterocycles. The average Bonchev–Trinajstić information content (AvgIpc) is 2.56. The lowest BCUT2D eigenvalue weighted by molar-refractivity contribution is 0.0532. The molecular formula is C11H8Cl2O2S. The molecule has 0 N–H and O–H groups in total. The molecule has 5 heteroatoms. The number of rotatable bonds is 2. The summed E-state index contributed by atoms with van der Waals surface area (Å²) in [6.45, 7) is 2.10. The molecule has 2 aromatic rings. The van der Waals surface area contributed by atoms with E-state index in [1.807, 2.05) is 0 Å². The molecule has 0 bridgehead atoms. The number of carbonyl (C=O) groups excluding carboxylic acids is 1. The van der Waals surface area contributed by atoms with Crippen LogP contribution in [0.3, 0.4) is 0 Å². The van der Waals surface area contributed by atoms with E-state index in [1.54, 1.807) is 25.1 Å². The third kappa shape index (κ3) is 2.03. The Morgan fingerprint density at radius 2 is 2.19 bits per heavy atom. The molecule has 2 rings (SSSR count). The van der Waals surface area contributed by atoms with Gasteiger partial charge in [-0.15, -0.1) is 11.3 Å². The van der Waals surface area contributed by atoms with Crippen LogP contribution in [0, 0.1) is 0 Å². The quantitative estimate of drug-likeness (QED) is 0.760. The van der Waals surface area contributed by atoms with Crippen LogP contribution < -0.4 is 0 Å². The van der Waals surface area contributed by atoms with Gasteiger partial charge in [0.15, 0.2) is 0 Å². The molecule has 0 unspecified atom stereocenters. The molecule has 1 aromatic heterocycles. The number of halogens is 2. The second-order valence-corrected chi connectivity index (χ2v) is 4.97. The smallest absolute Gasteiger partial charge is 0.349 e. The van der Waals surface area contributed by atoms with Crippen molar-refractivity contribution >= 4 is 50.6 Å². The topological polar surface area (TPSA) is 26.3 Å². The van der Waals surface area contributed by atoms with Gasteiger partial charge >= 0.3 is 5.97 Å². The first-order valence-corrected chi connectivity index (χ1v) is 6.25. The van der Waals surface area contributed by atoms with Gasteiger partial charge in [-0.3, -0.25) is 0 Å². The molecular weight excluding hydrogens is 267 g/mol. The third-order valence-corrected chi connectivity index (χ3v) is 3.92. The number of fused-ring (bicyclic) bond motifs is 1. The minimum absolute atomic E-state index is 0.337. The van der Waals surface area contributed by atoms with Gasteiger partial charge in [0.1, 0.15) is 4.88 Å². The molecule has 0 aliphatic carbocycles. The van der Waals surface area contributed by atoms with Crippen molar-refractivity contribution in [1.82, 2.24) is 0 Å². The first-order valence-electron chi connectivity index (χ1n) is 4.68. The fraction of sp³-hybridized carbons (Fsp3) is 0.182. The van der Waals surface area contributed by atoms with E-state index in [1.165, 1.54) is 11.3 Å². The van der Waals surface area contributed by atoms with Gasteiger partial charge in [-0.1, -0.05) is 29.3 Å². The maximum Gasteiger partial charge on any atom is 0.349 e. The standard InChI is InChI=1S/C11H8Cl2O2S/c1-2-15-11(14)10-9(13)7-4-3-6(12)5-8(7)16-10/h3-5H,2H2,1H3. The first kappa shape index (κ1) is 11.7. The normalized spacial score (nSPS) is 10.7. The summed E-state index contributed by atoms with van der Waals surface area (Å²) in [5.74, 6) is -0.384. The molecule has 0 aliphatic heterocycles. The maximum absolute atomic E-state index is 11.6. The van der Waals surface area contributed by atoms with Crippen molar-refractivity contribution in [3.63, 3.8) is 0 Å². The van der Waals surface area contributed by atoms with Gasteiger partial charge in [0.2, 0.25) is 0 Å². The predicted molar refractivity (Wildman–Crippen MR) is 67.8 cm³/mol. The van der Waals surface area contributed by atoms with E-state index in [0.29, 0.717) is 21.5 Å². The summed E-state index contributed by atoms with van der Waals surface area (Å²) < 4.78 is 5.81. The molecule has 1 heterocycles. The molecule has 0 aliphatic rings. The van der Waals surface area contributed by atoms with Gasteiger partial charge in [-0.25, -0.2) is 4.79 Å². The van der Waals surface area contributed by atoms with Gasteiger partial charge in [-0.05, 0) is 19.1 Å². The van der Waals surface area contributed by atoms with E-state index in [-0.39, 0.29) is 5.97 Å². The summed E-state index contributed by atoms with van der Waals surface area (Å²) >= 11 is 13.3. The summed E-state index contributed by atoms with van der Waals surface area (Å²) in [6.07, 6.45) is 0. The Bertz CT molecular complexity index is 548. The van der Waals surface area contributed by atoms with Crippen LogP contribution in [0.2, 0.25) is 10.0 Å². The summed E-state index contributed by atoms with van der Waals surface area (Å²) in [7, 11) is 0. The van der Waals surface area contributed by atoms with Crippen molar-refractivity contribution in [2.75, 3.05) is 6.61 Å². The molecule has 0 saturated carbocycles. The minimum atomic E-state index is -0.384. The van der Waals surface area contributed by atoms with Crippen LogP contribution in [0.4, 0.5) is 0 Å². The third-order valence-electron chi connectivity index (χ3n) is 2.05. The fourth-order valence-electron chi connectivity index (χ4n) is 1.37. The number of hydrogen-bond acceptors (Lipinski definition) is 3. The second-order valence-electron chi connectivity index (χ2n) is 3.11. The van der Waals surface area contributed by atoms with Crippen LogP contribution in [-0.4, -0.2) is 12.6 Å². The Kier molecular flexibility index (Phi) is 3.38. The Labute approximate surface area is 107 Å². The predicted octanol–water partition coefficient (Wildman–Crippen LogP) is 4.38. The van der Waals surface area contributed by atoms with Crippen LogP contribution in [0.15, 0.2) is 18.2 Å². The summed E-state index contributed by atoms with van der Waals surface area (Å²) in [5.41, 5.74) is 0. The molecule has 0 fully saturated rings. The second kappa shape index (κ2) is 4.62. The zero-order valence-electron chi connectivity index (χ0n) is 8.42. The van der Waals surface area contributed by atoms with E-state index >= 15 is 0 Å². The van der Waals surface area contributed by atoms with Crippen molar-refractivity contribution in [2.24, 2.45) is 0 Å². The van der Waals surface area contributed by atoms with E-state index in [4.69, 9.17) is 27.9 Å². The summed E-state index contributed by atoms with van der Waals surface area (Å²) in [5, 5.41) is 1.90. The van der Waals surface area contributed by atoms with Gasteiger partial charge in [0.05, 0.1) is 11.6 Å². The number of hydrogen-bond donors (Lipinski definition) is 0. The van der Waals surface area contributed by atoms with Crippen LogP contribution in [-0.2, 0) is 4.74 Å². The molecule has 0 amide bonds. The summed E-state index contributed by atoms with van der Waals surface area (Å²) in [4.78, 5) is 12.0. The highest BCUT2D eigenvalue weighted by atomic mass is 35.5.